The van der Waals surface area contributed by atoms with Crippen molar-refractivity contribution in [3.8, 4) is 11.8 Å². The van der Waals surface area contributed by atoms with Crippen LogP contribution in [0.1, 0.15) is 108 Å². The van der Waals surface area contributed by atoms with Crippen LogP contribution in [-0.4, -0.2) is 0 Å². The number of benzene rings is 1. The van der Waals surface area contributed by atoms with Gasteiger partial charge in [-0.05, 0) is 92.7 Å². The molecule has 0 atom stereocenters. The summed E-state index contributed by atoms with van der Waals surface area (Å²) in [5, 5.41) is 0. The molecule has 3 rings (SSSR count). The molecule has 0 N–H and O–H groups in total. The summed E-state index contributed by atoms with van der Waals surface area (Å²) in [6.45, 7) is 4.53. The van der Waals surface area contributed by atoms with Crippen molar-refractivity contribution in [2.45, 2.75) is 103 Å². The normalized spacial score (nSPS) is 27.5. The third-order valence-electron chi connectivity index (χ3n) is 7.43. The van der Waals surface area contributed by atoms with Crippen LogP contribution in [0.3, 0.4) is 0 Å². The van der Waals surface area contributed by atoms with Gasteiger partial charge < -0.3 is 0 Å². The molecular weight excluding hydrogens is 348 g/mol. The van der Waals surface area contributed by atoms with Crippen molar-refractivity contribution in [2.75, 3.05) is 0 Å². The second-order valence-electron chi connectivity index (χ2n) is 9.57. The van der Waals surface area contributed by atoms with Crippen molar-refractivity contribution in [3.05, 3.63) is 47.5 Å². The molecule has 0 saturated heterocycles. The number of aryl methyl sites for hydroxylation is 1. The molecule has 0 nitrogen and oxygen atoms in total. The molecule has 0 unspecified atom stereocenters. The van der Waals surface area contributed by atoms with Crippen molar-refractivity contribution < 1.29 is 0 Å². The molecule has 0 bridgehead atoms. The summed E-state index contributed by atoms with van der Waals surface area (Å²) in [5.74, 6) is 10.1. The van der Waals surface area contributed by atoms with Crippen molar-refractivity contribution in [1.29, 1.82) is 0 Å². The highest BCUT2D eigenvalue weighted by Crippen LogP contribution is 2.36. The molecule has 158 valence electrons. The van der Waals surface area contributed by atoms with E-state index in [0.29, 0.717) is 5.92 Å². The van der Waals surface area contributed by atoms with Gasteiger partial charge in [-0.15, -0.1) is 0 Å². The van der Waals surface area contributed by atoms with Gasteiger partial charge in [0.2, 0.25) is 0 Å². The van der Waals surface area contributed by atoms with Gasteiger partial charge in [0.1, 0.15) is 0 Å². The molecule has 0 spiro atoms. The number of allylic oxidation sites excluding steroid dienone is 2. The van der Waals surface area contributed by atoms with E-state index >= 15 is 0 Å². The van der Waals surface area contributed by atoms with Crippen LogP contribution in [-0.2, 0) is 6.42 Å². The van der Waals surface area contributed by atoms with Gasteiger partial charge in [0, 0.05) is 5.92 Å². The molecule has 2 saturated carbocycles. The predicted molar refractivity (Wildman–Crippen MR) is 127 cm³/mol. The van der Waals surface area contributed by atoms with Crippen molar-refractivity contribution in [1.82, 2.24) is 0 Å². The third kappa shape index (κ3) is 7.37. The first-order valence-electron chi connectivity index (χ1n) is 12.5. The molecule has 2 aliphatic carbocycles. The highest BCUT2D eigenvalue weighted by molar-refractivity contribution is 5.26. The van der Waals surface area contributed by atoms with Crippen LogP contribution in [0, 0.1) is 29.6 Å². The minimum absolute atomic E-state index is 0.611. The minimum Gasteiger partial charge on any atom is -0.0951 e. The highest BCUT2D eigenvalue weighted by atomic mass is 14.3. The maximum atomic E-state index is 3.56. The van der Waals surface area contributed by atoms with E-state index in [2.05, 4.69) is 62.1 Å². The zero-order valence-electron chi connectivity index (χ0n) is 19.0. The van der Waals surface area contributed by atoms with Crippen LogP contribution in [0.4, 0.5) is 0 Å². The Kier molecular flexibility index (Phi) is 9.40. The topological polar surface area (TPSA) is 0 Å². The monoisotopic (exact) mass is 390 g/mol. The number of hydrogen-bond acceptors (Lipinski definition) is 0. The quantitative estimate of drug-likeness (QED) is 0.323. The average Bonchev–Trinajstić information content (AvgIpc) is 2.78. The van der Waals surface area contributed by atoms with Gasteiger partial charge >= 0.3 is 0 Å². The fraction of sp³-hybridized carbons (Fsp3) is 0.655. The standard InChI is InChI=1S/C29H42/c1-3-5-6-9-25-12-14-26(15-13-25)10-7-8-11-27-18-22-29(23-19-27)28-20-16-24(4-2)17-21-28/h7,10,16-17,20-21,25-27,29H,3-6,9,12-15,18-19,22-23H2,1-2H3/t25-,26-,27-,29-. The Balaban J connectivity index is 1.35. The summed E-state index contributed by atoms with van der Waals surface area (Å²) in [6, 6.07) is 9.34. The van der Waals surface area contributed by atoms with Crippen LogP contribution in [0.25, 0.3) is 0 Å². The summed E-state index contributed by atoms with van der Waals surface area (Å²) in [6.07, 6.45) is 22.2. The SMILES string of the molecule is CCCCC[C@H]1CC[C@H](C=CC#C[C@H]2CC[C@H](c3ccc(CC)cc3)CC2)CC1. The van der Waals surface area contributed by atoms with Crippen LogP contribution in [0.15, 0.2) is 36.4 Å². The Morgan fingerprint density at radius 2 is 1.59 bits per heavy atom. The molecule has 0 aromatic heterocycles. The van der Waals surface area contributed by atoms with Gasteiger partial charge in [-0.1, -0.05) is 81.7 Å². The van der Waals surface area contributed by atoms with Crippen molar-refractivity contribution >= 4 is 0 Å². The zero-order valence-corrected chi connectivity index (χ0v) is 19.0. The van der Waals surface area contributed by atoms with E-state index in [4.69, 9.17) is 0 Å². The lowest BCUT2D eigenvalue weighted by atomic mass is 9.78. The summed E-state index contributed by atoms with van der Waals surface area (Å²) in [5.41, 5.74) is 2.99. The molecule has 2 fully saturated rings. The van der Waals surface area contributed by atoms with Crippen LogP contribution >= 0.6 is 0 Å². The summed E-state index contributed by atoms with van der Waals surface area (Å²) < 4.78 is 0. The van der Waals surface area contributed by atoms with Crippen molar-refractivity contribution in [2.24, 2.45) is 17.8 Å². The smallest absolute Gasteiger partial charge is 0.0206 e. The van der Waals surface area contributed by atoms with E-state index in [9.17, 15) is 0 Å². The third-order valence-corrected chi connectivity index (χ3v) is 7.43. The van der Waals surface area contributed by atoms with Crippen molar-refractivity contribution in [3.63, 3.8) is 0 Å². The van der Waals surface area contributed by atoms with E-state index in [1.165, 1.54) is 82.6 Å². The summed E-state index contributed by atoms with van der Waals surface area (Å²) >= 11 is 0. The van der Waals surface area contributed by atoms with E-state index in [1.54, 1.807) is 5.56 Å². The lowest BCUT2D eigenvalue weighted by molar-refractivity contribution is 0.289. The first kappa shape index (κ1) is 22.2. The average molecular weight is 391 g/mol. The highest BCUT2D eigenvalue weighted by Gasteiger charge is 2.21. The first-order chi connectivity index (χ1) is 14.3. The fourth-order valence-corrected chi connectivity index (χ4v) is 5.30. The number of rotatable bonds is 7. The molecule has 2 aliphatic rings. The predicted octanol–water partition coefficient (Wildman–Crippen LogP) is 8.47. The molecular formula is C29H42. The lowest BCUT2D eigenvalue weighted by Gasteiger charge is -2.26. The van der Waals surface area contributed by atoms with Crippen LogP contribution in [0.2, 0.25) is 0 Å². The molecule has 0 radical (unpaired) electrons. The van der Waals surface area contributed by atoms with Gasteiger partial charge in [-0.2, -0.15) is 0 Å². The largest absolute Gasteiger partial charge is 0.0951 e. The molecule has 1 aromatic carbocycles. The van der Waals surface area contributed by atoms with E-state index < -0.39 is 0 Å². The summed E-state index contributed by atoms with van der Waals surface area (Å²) in [7, 11) is 0. The van der Waals surface area contributed by atoms with Gasteiger partial charge in [-0.3, -0.25) is 0 Å². The Labute approximate surface area is 180 Å². The second-order valence-corrected chi connectivity index (χ2v) is 9.57. The zero-order chi connectivity index (χ0) is 20.3. The Morgan fingerprint density at radius 1 is 0.862 bits per heavy atom. The fourth-order valence-electron chi connectivity index (χ4n) is 5.30. The lowest BCUT2D eigenvalue weighted by Crippen LogP contribution is -2.13. The van der Waals surface area contributed by atoms with Gasteiger partial charge in [0.05, 0.1) is 0 Å². The second kappa shape index (κ2) is 12.3. The Hall–Kier alpha value is -1.48. The number of hydrogen-bond donors (Lipinski definition) is 0. The van der Waals surface area contributed by atoms with Crippen LogP contribution in [0.5, 0.6) is 0 Å². The molecule has 0 amide bonds. The van der Waals surface area contributed by atoms with Gasteiger partial charge in [0.15, 0.2) is 0 Å². The molecule has 1 aromatic rings. The molecule has 0 heteroatoms. The Morgan fingerprint density at radius 3 is 2.24 bits per heavy atom. The van der Waals surface area contributed by atoms with E-state index in [-0.39, 0.29) is 0 Å². The first-order valence-corrected chi connectivity index (χ1v) is 12.5. The molecule has 0 aliphatic heterocycles. The maximum Gasteiger partial charge on any atom is 0.0206 e. The van der Waals surface area contributed by atoms with E-state index in [0.717, 1.165) is 24.2 Å². The minimum atomic E-state index is 0.611. The molecule has 0 heterocycles. The summed E-state index contributed by atoms with van der Waals surface area (Å²) in [4.78, 5) is 0. The number of unbranched alkanes of at least 4 members (excludes halogenated alkanes) is 2. The van der Waals surface area contributed by atoms with Gasteiger partial charge in [-0.25, -0.2) is 0 Å². The van der Waals surface area contributed by atoms with Crippen LogP contribution < -0.4 is 0 Å². The van der Waals surface area contributed by atoms with E-state index in [1.807, 2.05) is 0 Å². The molecule has 29 heavy (non-hydrogen) atoms. The maximum absolute atomic E-state index is 3.56. The Bertz CT molecular complexity index is 652. The van der Waals surface area contributed by atoms with Gasteiger partial charge in [0.25, 0.3) is 0 Å².